The van der Waals surface area contributed by atoms with Crippen LogP contribution in [0.5, 0.6) is 0 Å². The van der Waals surface area contributed by atoms with Gasteiger partial charge in [0.1, 0.15) is 5.82 Å². The van der Waals surface area contributed by atoms with E-state index in [2.05, 4.69) is 0 Å². The summed E-state index contributed by atoms with van der Waals surface area (Å²) < 4.78 is 76.0. The van der Waals surface area contributed by atoms with E-state index in [0.717, 1.165) is 0 Å². The Morgan fingerprint density at radius 3 is 2.45 bits per heavy atom. The van der Waals surface area contributed by atoms with Crippen molar-refractivity contribution in [2.75, 3.05) is 16.4 Å². The van der Waals surface area contributed by atoms with E-state index in [4.69, 9.17) is 11.6 Å². The van der Waals surface area contributed by atoms with E-state index >= 15 is 0 Å². The monoisotopic (exact) mass is 333 g/mol. The van der Waals surface area contributed by atoms with Crippen molar-refractivity contribution in [3.63, 3.8) is 0 Å². The third kappa shape index (κ3) is 4.82. The minimum atomic E-state index is -4.68. The smallest absolute Gasteiger partial charge is 0.281 e. The summed E-state index contributed by atoms with van der Waals surface area (Å²) in [6, 6.07) is 1.51. The van der Waals surface area contributed by atoms with Crippen LogP contribution in [0.3, 0.4) is 0 Å². The van der Waals surface area contributed by atoms with E-state index < -0.39 is 44.9 Å². The molecule has 20 heavy (non-hydrogen) atoms. The molecule has 3 nitrogen and oxygen atoms in total. The number of nitrogens with one attached hydrogen (secondary N) is 1. The minimum absolute atomic E-state index is 0.0615. The van der Waals surface area contributed by atoms with Gasteiger partial charge in [0.25, 0.3) is 0 Å². The fraction of sp³-hybridized carbons (Fsp3) is 0.455. The number of rotatable bonds is 5. The molecule has 0 heterocycles. The van der Waals surface area contributed by atoms with Crippen LogP contribution < -0.4 is 4.72 Å². The molecule has 0 saturated heterocycles. The Labute approximate surface area is 119 Å². The van der Waals surface area contributed by atoms with Gasteiger partial charge in [0, 0.05) is 5.88 Å². The lowest BCUT2D eigenvalue weighted by atomic mass is 10.2. The summed E-state index contributed by atoms with van der Waals surface area (Å²) in [5.74, 6) is -1.85. The van der Waals surface area contributed by atoms with Crippen molar-refractivity contribution in [3.8, 4) is 0 Å². The zero-order chi connectivity index (χ0) is 15.6. The summed E-state index contributed by atoms with van der Waals surface area (Å²) in [7, 11) is -3.97. The number of benzene rings is 1. The second kappa shape index (κ2) is 6.17. The zero-order valence-electron chi connectivity index (χ0n) is 10.3. The van der Waals surface area contributed by atoms with Crippen molar-refractivity contribution in [1.29, 1.82) is 0 Å². The van der Waals surface area contributed by atoms with Crippen molar-refractivity contribution in [2.45, 2.75) is 13.1 Å². The molecule has 114 valence electrons. The average molecular weight is 334 g/mol. The van der Waals surface area contributed by atoms with Crippen LogP contribution in [-0.2, 0) is 16.2 Å². The van der Waals surface area contributed by atoms with E-state index in [1.54, 1.807) is 11.6 Å². The summed E-state index contributed by atoms with van der Waals surface area (Å²) >= 11 is 5.46. The van der Waals surface area contributed by atoms with Gasteiger partial charge in [-0.05, 0) is 24.1 Å². The topological polar surface area (TPSA) is 46.2 Å². The molecular formula is C11H12ClF4NO2S. The second-order valence-electron chi connectivity index (χ2n) is 4.34. The molecule has 0 aliphatic carbocycles. The number of hydrogen-bond acceptors (Lipinski definition) is 2. The van der Waals surface area contributed by atoms with Crippen molar-refractivity contribution in [2.24, 2.45) is 5.92 Å². The maximum Gasteiger partial charge on any atom is 0.416 e. The van der Waals surface area contributed by atoms with Gasteiger partial charge in [-0.1, -0.05) is 6.92 Å². The number of anilines is 1. The summed E-state index contributed by atoms with van der Waals surface area (Å²) in [6.45, 7) is 1.55. The maximum absolute atomic E-state index is 13.4. The van der Waals surface area contributed by atoms with Gasteiger partial charge in [-0.3, -0.25) is 4.72 Å². The highest BCUT2D eigenvalue weighted by Gasteiger charge is 2.31. The molecule has 0 amide bonds. The van der Waals surface area contributed by atoms with Gasteiger partial charge in [0.05, 0.1) is 17.0 Å². The van der Waals surface area contributed by atoms with Gasteiger partial charge < -0.3 is 0 Å². The quantitative estimate of drug-likeness (QED) is 0.662. The molecule has 1 N–H and O–H groups in total. The van der Waals surface area contributed by atoms with Crippen LogP contribution >= 0.6 is 11.6 Å². The highest BCUT2D eigenvalue weighted by molar-refractivity contribution is 7.92. The molecule has 1 rings (SSSR count). The van der Waals surface area contributed by atoms with Gasteiger partial charge in [0.15, 0.2) is 0 Å². The molecule has 1 aromatic carbocycles. The first-order valence-corrected chi connectivity index (χ1v) is 7.67. The standard InChI is InChI=1S/C11H12ClF4NO2S/c1-7(5-12)6-20(18,19)17-10-4-8(11(14,15)16)2-3-9(10)13/h2-4,7,17H,5-6H2,1H3. The van der Waals surface area contributed by atoms with Crippen LogP contribution in [-0.4, -0.2) is 20.1 Å². The lowest BCUT2D eigenvalue weighted by Crippen LogP contribution is -2.23. The molecule has 1 atom stereocenters. The van der Waals surface area contributed by atoms with Gasteiger partial charge in [-0.25, -0.2) is 12.8 Å². The molecule has 0 spiro atoms. The van der Waals surface area contributed by atoms with Crippen molar-refractivity contribution >= 4 is 27.3 Å². The first kappa shape index (κ1) is 17.0. The predicted molar refractivity (Wildman–Crippen MR) is 68.7 cm³/mol. The fourth-order valence-corrected chi connectivity index (χ4v) is 3.09. The van der Waals surface area contributed by atoms with Crippen LogP contribution in [0, 0.1) is 11.7 Å². The molecule has 0 fully saturated rings. The van der Waals surface area contributed by atoms with Crippen molar-refractivity contribution in [3.05, 3.63) is 29.6 Å². The molecule has 1 unspecified atom stereocenters. The Bertz CT molecular complexity index is 574. The molecule has 0 bridgehead atoms. The van der Waals surface area contributed by atoms with Crippen LogP contribution in [0.15, 0.2) is 18.2 Å². The number of alkyl halides is 4. The molecule has 1 aromatic rings. The van der Waals surface area contributed by atoms with E-state index in [1.165, 1.54) is 0 Å². The highest BCUT2D eigenvalue weighted by atomic mass is 35.5. The molecule has 0 saturated carbocycles. The fourth-order valence-electron chi connectivity index (χ4n) is 1.41. The number of hydrogen-bond donors (Lipinski definition) is 1. The highest BCUT2D eigenvalue weighted by Crippen LogP contribution is 2.32. The van der Waals surface area contributed by atoms with Gasteiger partial charge in [0.2, 0.25) is 10.0 Å². The second-order valence-corrected chi connectivity index (χ2v) is 6.41. The summed E-state index contributed by atoms with van der Waals surface area (Å²) in [5, 5.41) is 0. The number of halogens is 5. The molecule has 0 radical (unpaired) electrons. The van der Waals surface area contributed by atoms with Crippen LogP contribution in [0.4, 0.5) is 23.2 Å². The largest absolute Gasteiger partial charge is 0.416 e. The lowest BCUT2D eigenvalue weighted by Gasteiger charge is -2.13. The van der Waals surface area contributed by atoms with Gasteiger partial charge >= 0.3 is 6.18 Å². The zero-order valence-corrected chi connectivity index (χ0v) is 11.9. The Hall–Kier alpha value is -1.02. The van der Waals surface area contributed by atoms with Gasteiger partial charge in [-0.2, -0.15) is 13.2 Å². The van der Waals surface area contributed by atoms with E-state index in [-0.39, 0.29) is 5.88 Å². The Kier molecular flexibility index (Phi) is 5.26. The average Bonchev–Trinajstić information content (AvgIpc) is 2.29. The summed E-state index contributed by atoms with van der Waals surface area (Å²) in [5.41, 5.74) is -1.87. The molecule has 9 heteroatoms. The van der Waals surface area contributed by atoms with Crippen LogP contribution in [0.25, 0.3) is 0 Å². The first-order chi connectivity index (χ1) is 9.05. The Morgan fingerprint density at radius 2 is 1.95 bits per heavy atom. The molecular weight excluding hydrogens is 322 g/mol. The molecule has 0 aromatic heterocycles. The van der Waals surface area contributed by atoms with E-state index in [9.17, 15) is 26.0 Å². The lowest BCUT2D eigenvalue weighted by molar-refractivity contribution is -0.137. The van der Waals surface area contributed by atoms with E-state index in [1.807, 2.05) is 0 Å². The van der Waals surface area contributed by atoms with Crippen molar-refractivity contribution in [1.82, 2.24) is 0 Å². The number of sulfonamides is 1. The minimum Gasteiger partial charge on any atom is -0.281 e. The van der Waals surface area contributed by atoms with Crippen molar-refractivity contribution < 1.29 is 26.0 Å². The Morgan fingerprint density at radius 1 is 1.35 bits per heavy atom. The summed E-state index contributed by atoms with van der Waals surface area (Å²) in [6.07, 6.45) is -4.68. The third-order valence-electron chi connectivity index (χ3n) is 2.33. The SMILES string of the molecule is CC(CCl)CS(=O)(=O)Nc1cc(C(F)(F)F)ccc1F. The first-order valence-electron chi connectivity index (χ1n) is 5.48. The van der Waals surface area contributed by atoms with E-state index in [0.29, 0.717) is 18.2 Å². The van der Waals surface area contributed by atoms with Gasteiger partial charge in [-0.15, -0.1) is 11.6 Å². The maximum atomic E-state index is 13.4. The third-order valence-corrected chi connectivity index (χ3v) is 4.39. The van der Waals surface area contributed by atoms with Crippen LogP contribution in [0.2, 0.25) is 0 Å². The predicted octanol–water partition coefficient (Wildman–Crippen LogP) is 3.46. The Balaban J connectivity index is 3.03. The normalized spacial score (nSPS) is 14.1. The molecule has 0 aliphatic rings. The molecule has 0 aliphatic heterocycles. The van der Waals surface area contributed by atoms with Crippen LogP contribution in [0.1, 0.15) is 12.5 Å². The summed E-state index contributed by atoms with van der Waals surface area (Å²) in [4.78, 5) is 0.